The molecule has 20 heavy (non-hydrogen) atoms. The van der Waals surface area contributed by atoms with Crippen LogP contribution >= 0.6 is 11.6 Å². The summed E-state index contributed by atoms with van der Waals surface area (Å²) in [6.45, 7) is 1.22. The molecule has 0 spiro atoms. The van der Waals surface area contributed by atoms with Crippen molar-refractivity contribution in [1.29, 1.82) is 0 Å². The van der Waals surface area contributed by atoms with Crippen LogP contribution in [0.4, 0.5) is 0 Å². The van der Waals surface area contributed by atoms with Gasteiger partial charge < -0.3 is 14.6 Å². The van der Waals surface area contributed by atoms with E-state index >= 15 is 0 Å². The summed E-state index contributed by atoms with van der Waals surface area (Å²) in [5.74, 6) is 0. The number of rotatable bonds is 4. The van der Waals surface area contributed by atoms with Crippen molar-refractivity contribution in [3.05, 3.63) is 34.3 Å². The minimum absolute atomic E-state index is 0.119. The van der Waals surface area contributed by atoms with E-state index in [0.29, 0.717) is 11.6 Å². The fourth-order valence-electron chi connectivity index (χ4n) is 2.94. The van der Waals surface area contributed by atoms with E-state index in [1.54, 1.807) is 0 Å². The number of halogens is 1. The molecule has 1 saturated heterocycles. The molecule has 1 unspecified atom stereocenters. The lowest BCUT2D eigenvalue weighted by Crippen LogP contribution is -2.35. The molecule has 3 nitrogen and oxygen atoms in total. The highest BCUT2D eigenvalue weighted by Crippen LogP contribution is 2.43. The summed E-state index contributed by atoms with van der Waals surface area (Å²) in [4.78, 5) is 0. The van der Waals surface area contributed by atoms with Crippen molar-refractivity contribution in [2.75, 3.05) is 6.61 Å². The third-order valence-electron chi connectivity index (χ3n) is 4.31. The second kappa shape index (κ2) is 6.02. The molecule has 1 aromatic carbocycles. The minimum atomic E-state index is -0.684. The van der Waals surface area contributed by atoms with Crippen LogP contribution in [0.3, 0.4) is 0 Å². The lowest BCUT2D eigenvalue weighted by atomic mass is 9.73. The second-order valence-corrected chi connectivity index (χ2v) is 6.23. The molecule has 0 radical (unpaired) electrons. The van der Waals surface area contributed by atoms with E-state index in [1.807, 2.05) is 18.2 Å². The average molecular weight is 297 g/mol. The van der Waals surface area contributed by atoms with Gasteiger partial charge in [-0.3, -0.25) is 0 Å². The van der Waals surface area contributed by atoms with Gasteiger partial charge in [0.15, 0.2) is 6.29 Å². The van der Waals surface area contributed by atoms with Crippen molar-refractivity contribution in [3.8, 4) is 0 Å². The Hall–Kier alpha value is -0.610. The monoisotopic (exact) mass is 296 g/mol. The van der Waals surface area contributed by atoms with Gasteiger partial charge in [0.1, 0.15) is 0 Å². The van der Waals surface area contributed by atoms with Gasteiger partial charge >= 0.3 is 0 Å². The van der Waals surface area contributed by atoms with Crippen molar-refractivity contribution in [2.24, 2.45) is 0 Å². The maximum absolute atomic E-state index is 10.6. The van der Waals surface area contributed by atoms with Crippen LogP contribution in [0.15, 0.2) is 18.2 Å². The highest BCUT2D eigenvalue weighted by Gasteiger charge is 2.37. The smallest absolute Gasteiger partial charge is 0.158 e. The molecule has 1 saturated carbocycles. The first-order valence-electron chi connectivity index (χ1n) is 7.42. The average Bonchev–Trinajstić information content (AvgIpc) is 2.44. The molecule has 1 N–H and O–H groups in total. The summed E-state index contributed by atoms with van der Waals surface area (Å²) < 4.78 is 11.4. The quantitative estimate of drug-likeness (QED) is 0.919. The second-order valence-electron chi connectivity index (χ2n) is 5.79. The zero-order chi connectivity index (χ0) is 14.0. The lowest BCUT2D eigenvalue weighted by molar-refractivity contribution is -0.169. The summed E-state index contributed by atoms with van der Waals surface area (Å²) in [7, 11) is 0. The van der Waals surface area contributed by atoms with Crippen molar-refractivity contribution >= 4 is 11.6 Å². The highest BCUT2D eigenvalue weighted by molar-refractivity contribution is 6.30. The molecule has 1 aliphatic carbocycles. The molecule has 110 valence electrons. The van der Waals surface area contributed by atoms with Gasteiger partial charge in [0.25, 0.3) is 0 Å². The van der Waals surface area contributed by atoms with Gasteiger partial charge in [0, 0.05) is 11.6 Å². The van der Waals surface area contributed by atoms with Gasteiger partial charge in [0.2, 0.25) is 0 Å². The normalized spacial score (nSPS) is 25.2. The van der Waals surface area contributed by atoms with Gasteiger partial charge in [-0.15, -0.1) is 0 Å². The Bertz CT molecular complexity index is 465. The molecule has 1 heterocycles. The van der Waals surface area contributed by atoms with Crippen LogP contribution in [0.5, 0.6) is 0 Å². The minimum Gasteiger partial charge on any atom is -0.385 e. The van der Waals surface area contributed by atoms with E-state index in [2.05, 4.69) is 0 Å². The molecule has 1 aliphatic heterocycles. The number of hydrogen-bond acceptors (Lipinski definition) is 3. The molecule has 1 atom stereocenters. The standard InChI is InChI=1S/C16H21ClO3/c17-13-5-6-14(16(18)7-3-8-16)12(10-13)11-20-15-4-1-2-9-19-15/h5-6,10,15,18H,1-4,7-9,11H2. The van der Waals surface area contributed by atoms with Crippen molar-refractivity contribution in [1.82, 2.24) is 0 Å². The van der Waals surface area contributed by atoms with Gasteiger partial charge in [-0.1, -0.05) is 17.7 Å². The highest BCUT2D eigenvalue weighted by atomic mass is 35.5. The Morgan fingerprint density at radius 1 is 1.30 bits per heavy atom. The van der Waals surface area contributed by atoms with E-state index in [-0.39, 0.29) is 6.29 Å². The summed E-state index contributed by atoms with van der Waals surface area (Å²) >= 11 is 6.08. The zero-order valence-electron chi connectivity index (χ0n) is 11.6. The Morgan fingerprint density at radius 2 is 2.15 bits per heavy atom. The van der Waals surface area contributed by atoms with Crippen LogP contribution in [0, 0.1) is 0 Å². The molecule has 3 rings (SSSR count). The fourth-order valence-corrected chi connectivity index (χ4v) is 3.14. The first-order chi connectivity index (χ1) is 9.67. The summed E-state index contributed by atoms with van der Waals surface area (Å²) in [6.07, 6.45) is 5.81. The Kier molecular flexibility index (Phi) is 4.32. The van der Waals surface area contributed by atoms with E-state index in [9.17, 15) is 5.11 Å². The SMILES string of the molecule is OC1(c2ccc(Cl)cc2COC2CCCCO2)CCC1. The topological polar surface area (TPSA) is 38.7 Å². The molecular weight excluding hydrogens is 276 g/mol. The first-order valence-corrected chi connectivity index (χ1v) is 7.80. The van der Waals surface area contributed by atoms with Crippen LogP contribution in [-0.2, 0) is 21.7 Å². The van der Waals surface area contributed by atoms with Gasteiger partial charge in [-0.05, 0) is 61.8 Å². The molecule has 0 amide bonds. The van der Waals surface area contributed by atoms with Crippen molar-refractivity contribution < 1.29 is 14.6 Å². The zero-order valence-corrected chi connectivity index (χ0v) is 12.4. The predicted octanol–water partition coefficient (Wildman–Crippen LogP) is 3.75. The summed E-state index contributed by atoms with van der Waals surface area (Å²) in [5.41, 5.74) is 1.26. The van der Waals surface area contributed by atoms with Crippen LogP contribution < -0.4 is 0 Å². The maximum atomic E-state index is 10.6. The van der Waals surface area contributed by atoms with E-state index in [4.69, 9.17) is 21.1 Å². The molecule has 1 aromatic rings. The van der Waals surface area contributed by atoms with Crippen molar-refractivity contribution in [3.63, 3.8) is 0 Å². The predicted molar refractivity (Wildman–Crippen MR) is 77.6 cm³/mol. The number of ether oxygens (including phenoxy) is 2. The Labute approximate surface area is 124 Å². The van der Waals surface area contributed by atoms with Crippen LogP contribution in [0.1, 0.15) is 49.7 Å². The largest absolute Gasteiger partial charge is 0.385 e. The maximum Gasteiger partial charge on any atom is 0.158 e. The van der Waals surface area contributed by atoms with Crippen molar-refractivity contribution in [2.45, 2.75) is 57.0 Å². The van der Waals surface area contributed by atoms with E-state index in [0.717, 1.165) is 56.3 Å². The number of hydrogen-bond donors (Lipinski definition) is 1. The van der Waals surface area contributed by atoms with E-state index in [1.165, 1.54) is 0 Å². The molecule has 0 aromatic heterocycles. The molecule has 2 fully saturated rings. The third kappa shape index (κ3) is 3.01. The van der Waals surface area contributed by atoms with Crippen LogP contribution in [0.2, 0.25) is 5.02 Å². The summed E-state index contributed by atoms with van der Waals surface area (Å²) in [6, 6.07) is 5.67. The van der Waals surface area contributed by atoms with Crippen LogP contribution in [-0.4, -0.2) is 18.0 Å². The molecule has 0 bridgehead atoms. The molecule has 2 aliphatic rings. The van der Waals surface area contributed by atoms with Gasteiger partial charge in [0.05, 0.1) is 12.2 Å². The number of aliphatic hydroxyl groups is 1. The van der Waals surface area contributed by atoms with Crippen LogP contribution in [0.25, 0.3) is 0 Å². The Balaban J connectivity index is 1.72. The van der Waals surface area contributed by atoms with Gasteiger partial charge in [-0.25, -0.2) is 0 Å². The Morgan fingerprint density at radius 3 is 2.80 bits per heavy atom. The summed E-state index contributed by atoms with van der Waals surface area (Å²) in [5, 5.41) is 11.2. The van der Waals surface area contributed by atoms with Gasteiger partial charge in [-0.2, -0.15) is 0 Å². The first kappa shape index (κ1) is 14.3. The molecule has 4 heteroatoms. The fraction of sp³-hybridized carbons (Fsp3) is 0.625. The molecular formula is C16H21ClO3. The number of benzene rings is 1. The third-order valence-corrected chi connectivity index (χ3v) is 4.55. The van der Waals surface area contributed by atoms with E-state index < -0.39 is 5.60 Å². The lowest BCUT2D eigenvalue weighted by Gasteiger charge is -2.38.